The Balaban J connectivity index is 1.20. The number of nitrogens with one attached hydrogen (secondary N) is 1. The molecule has 6 heteroatoms. The van der Waals surface area contributed by atoms with E-state index >= 15 is 0 Å². The largest absolute Gasteiger partial charge is 0.497 e. The minimum absolute atomic E-state index is 0.151. The normalized spacial score (nSPS) is 20.2. The number of ether oxygens (including phenoxy) is 1. The molecule has 2 aromatic carbocycles. The monoisotopic (exact) mass is 418 g/mol. The number of aromatic nitrogens is 1. The van der Waals surface area contributed by atoms with Gasteiger partial charge in [-0.15, -0.1) is 0 Å². The van der Waals surface area contributed by atoms with Gasteiger partial charge in [-0.1, -0.05) is 6.07 Å². The lowest BCUT2D eigenvalue weighted by molar-refractivity contribution is 0.0563. The van der Waals surface area contributed by atoms with Crippen molar-refractivity contribution in [2.75, 3.05) is 51.3 Å². The second-order valence-electron chi connectivity index (χ2n) is 8.55. The van der Waals surface area contributed by atoms with Crippen LogP contribution in [-0.2, 0) is 0 Å². The lowest BCUT2D eigenvalue weighted by Crippen LogP contribution is -2.55. The number of fused-ring (bicyclic) bond motifs is 1. The van der Waals surface area contributed by atoms with Crippen molar-refractivity contribution in [3.05, 3.63) is 60.3 Å². The zero-order valence-electron chi connectivity index (χ0n) is 18.1. The highest BCUT2D eigenvalue weighted by molar-refractivity contribution is 5.98. The molecule has 2 aliphatic heterocycles. The number of piperidine rings is 1. The zero-order chi connectivity index (χ0) is 21.2. The van der Waals surface area contributed by atoms with E-state index in [0.29, 0.717) is 6.04 Å². The van der Waals surface area contributed by atoms with Crippen molar-refractivity contribution in [3.63, 3.8) is 0 Å². The van der Waals surface area contributed by atoms with Gasteiger partial charge >= 0.3 is 0 Å². The molecular formula is C25H30N4O2. The Bertz CT molecular complexity index is 1040. The van der Waals surface area contributed by atoms with Crippen LogP contribution in [0.25, 0.3) is 10.9 Å². The van der Waals surface area contributed by atoms with Gasteiger partial charge in [0, 0.05) is 68.3 Å². The fourth-order valence-electron chi connectivity index (χ4n) is 4.94. The molecule has 1 N–H and O–H groups in total. The molecule has 0 saturated carbocycles. The summed E-state index contributed by atoms with van der Waals surface area (Å²) in [6, 6.07) is 16.8. The molecule has 0 aliphatic carbocycles. The smallest absolute Gasteiger partial charge is 0.253 e. The minimum atomic E-state index is 0.151. The number of rotatable bonds is 4. The van der Waals surface area contributed by atoms with Gasteiger partial charge in [-0.25, -0.2) is 0 Å². The summed E-state index contributed by atoms with van der Waals surface area (Å²) in [4.78, 5) is 23.4. The number of likely N-dealkylation sites (tertiary alicyclic amines) is 1. The van der Waals surface area contributed by atoms with Crippen molar-refractivity contribution < 1.29 is 9.53 Å². The summed E-state index contributed by atoms with van der Waals surface area (Å²) in [5, 5.41) is 1.14. The predicted molar refractivity (Wildman–Crippen MR) is 124 cm³/mol. The standard InChI is InChI=1S/C25H30N4O2/c1-31-23-8-6-21(7-9-23)27-13-15-28(16-14-27)22-3-2-12-29(18-22)25(30)20-5-4-19-10-11-26-24(19)17-20/h4-11,17,22,26H,2-3,12-16,18H2,1H3/t22-/m1/s1. The van der Waals surface area contributed by atoms with Gasteiger partial charge in [0.05, 0.1) is 7.11 Å². The molecule has 1 amide bonds. The quantitative estimate of drug-likeness (QED) is 0.703. The summed E-state index contributed by atoms with van der Waals surface area (Å²) in [6.07, 6.45) is 4.16. The molecule has 0 spiro atoms. The number of hydrogen-bond donors (Lipinski definition) is 1. The molecule has 3 aromatic rings. The van der Waals surface area contributed by atoms with Crippen LogP contribution in [0.4, 0.5) is 5.69 Å². The molecular weight excluding hydrogens is 388 g/mol. The molecule has 2 saturated heterocycles. The Morgan fingerprint density at radius 1 is 1.00 bits per heavy atom. The molecule has 0 unspecified atom stereocenters. The molecule has 2 fully saturated rings. The number of hydrogen-bond acceptors (Lipinski definition) is 4. The van der Waals surface area contributed by atoms with Crippen LogP contribution < -0.4 is 9.64 Å². The Morgan fingerprint density at radius 2 is 1.81 bits per heavy atom. The minimum Gasteiger partial charge on any atom is -0.497 e. The van der Waals surface area contributed by atoms with E-state index in [1.54, 1.807) is 7.11 Å². The van der Waals surface area contributed by atoms with Gasteiger partial charge in [-0.2, -0.15) is 0 Å². The highest BCUT2D eigenvalue weighted by Gasteiger charge is 2.30. The lowest BCUT2D eigenvalue weighted by atomic mass is 10.0. The van der Waals surface area contributed by atoms with E-state index in [4.69, 9.17) is 4.74 Å². The number of piperazine rings is 1. The number of nitrogens with zero attached hydrogens (tertiary/aromatic N) is 3. The number of aromatic amines is 1. The number of carbonyl (C=O) groups excluding carboxylic acids is 1. The van der Waals surface area contributed by atoms with Gasteiger partial charge in [0.2, 0.25) is 0 Å². The first kappa shape index (κ1) is 19.9. The summed E-state index contributed by atoms with van der Waals surface area (Å²) in [6.45, 7) is 5.77. The summed E-state index contributed by atoms with van der Waals surface area (Å²) in [5.41, 5.74) is 3.05. The number of amides is 1. The van der Waals surface area contributed by atoms with Crippen molar-refractivity contribution in [2.24, 2.45) is 0 Å². The number of carbonyl (C=O) groups is 1. The maximum atomic E-state index is 13.2. The van der Waals surface area contributed by atoms with Crippen molar-refractivity contribution >= 4 is 22.5 Å². The summed E-state index contributed by atoms with van der Waals surface area (Å²) in [5.74, 6) is 1.04. The van der Waals surface area contributed by atoms with E-state index in [1.807, 2.05) is 47.5 Å². The maximum Gasteiger partial charge on any atom is 0.253 e. The first-order valence-electron chi connectivity index (χ1n) is 11.2. The van der Waals surface area contributed by atoms with Gasteiger partial charge < -0.3 is 19.5 Å². The van der Waals surface area contributed by atoms with Crippen LogP contribution in [0.1, 0.15) is 23.2 Å². The van der Waals surface area contributed by atoms with Crippen molar-refractivity contribution in [3.8, 4) is 5.75 Å². The van der Waals surface area contributed by atoms with E-state index in [-0.39, 0.29) is 5.91 Å². The van der Waals surface area contributed by atoms with E-state index in [9.17, 15) is 4.79 Å². The number of anilines is 1. The second-order valence-corrected chi connectivity index (χ2v) is 8.55. The second kappa shape index (κ2) is 8.63. The predicted octanol–water partition coefficient (Wildman–Crippen LogP) is 3.60. The summed E-state index contributed by atoms with van der Waals surface area (Å²) < 4.78 is 5.27. The third kappa shape index (κ3) is 4.12. The maximum absolute atomic E-state index is 13.2. The molecule has 162 valence electrons. The van der Waals surface area contributed by atoms with Crippen LogP contribution in [0.5, 0.6) is 5.75 Å². The molecule has 3 heterocycles. The van der Waals surface area contributed by atoms with Crippen LogP contribution >= 0.6 is 0 Å². The van der Waals surface area contributed by atoms with Crippen LogP contribution in [0.3, 0.4) is 0 Å². The Kier molecular flexibility index (Phi) is 5.55. The van der Waals surface area contributed by atoms with E-state index < -0.39 is 0 Å². The molecule has 2 aliphatic rings. The molecule has 0 radical (unpaired) electrons. The Labute approximate surface area is 183 Å². The fourth-order valence-corrected chi connectivity index (χ4v) is 4.94. The van der Waals surface area contributed by atoms with Gasteiger partial charge in [0.15, 0.2) is 0 Å². The summed E-state index contributed by atoms with van der Waals surface area (Å²) in [7, 11) is 1.70. The highest BCUT2D eigenvalue weighted by atomic mass is 16.5. The zero-order valence-corrected chi connectivity index (χ0v) is 18.1. The highest BCUT2D eigenvalue weighted by Crippen LogP contribution is 2.24. The van der Waals surface area contributed by atoms with Gasteiger partial charge in [-0.05, 0) is 60.7 Å². The molecule has 31 heavy (non-hydrogen) atoms. The average Bonchev–Trinajstić information content (AvgIpc) is 3.32. The third-order valence-corrected chi connectivity index (χ3v) is 6.75. The van der Waals surface area contributed by atoms with Gasteiger partial charge in [0.1, 0.15) is 5.75 Å². The number of benzene rings is 2. The first-order chi connectivity index (χ1) is 15.2. The Hall–Kier alpha value is -2.99. The molecule has 1 atom stereocenters. The average molecular weight is 419 g/mol. The van der Waals surface area contributed by atoms with Crippen LogP contribution in [0.2, 0.25) is 0 Å². The lowest BCUT2D eigenvalue weighted by Gasteiger charge is -2.44. The van der Waals surface area contributed by atoms with Crippen molar-refractivity contribution in [2.45, 2.75) is 18.9 Å². The van der Waals surface area contributed by atoms with Gasteiger partial charge in [-0.3, -0.25) is 9.69 Å². The van der Waals surface area contributed by atoms with Crippen LogP contribution in [0.15, 0.2) is 54.7 Å². The SMILES string of the molecule is COc1ccc(N2CCN([C@@H]3CCCN(C(=O)c4ccc5cc[nH]c5c4)C3)CC2)cc1. The molecule has 0 bridgehead atoms. The molecule has 6 nitrogen and oxygen atoms in total. The topological polar surface area (TPSA) is 51.8 Å². The summed E-state index contributed by atoms with van der Waals surface area (Å²) >= 11 is 0. The fraction of sp³-hybridized carbons (Fsp3) is 0.400. The van der Waals surface area contributed by atoms with E-state index in [2.05, 4.69) is 26.9 Å². The van der Waals surface area contributed by atoms with Crippen LogP contribution in [-0.4, -0.2) is 73.1 Å². The number of methoxy groups -OCH3 is 1. The van der Waals surface area contributed by atoms with Gasteiger partial charge in [0.25, 0.3) is 5.91 Å². The first-order valence-corrected chi connectivity index (χ1v) is 11.2. The van der Waals surface area contributed by atoms with Crippen LogP contribution in [0, 0.1) is 0 Å². The Morgan fingerprint density at radius 3 is 2.58 bits per heavy atom. The third-order valence-electron chi connectivity index (χ3n) is 6.75. The van der Waals surface area contributed by atoms with E-state index in [0.717, 1.165) is 67.9 Å². The molecule has 1 aromatic heterocycles. The van der Waals surface area contributed by atoms with Crippen molar-refractivity contribution in [1.82, 2.24) is 14.8 Å². The number of H-pyrrole nitrogens is 1. The molecule has 5 rings (SSSR count). The van der Waals surface area contributed by atoms with Crippen molar-refractivity contribution in [1.29, 1.82) is 0 Å². The van der Waals surface area contributed by atoms with E-state index in [1.165, 1.54) is 12.1 Å².